The van der Waals surface area contributed by atoms with Crippen LogP contribution in [-0.4, -0.2) is 60.9 Å². The van der Waals surface area contributed by atoms with Crippen molar-refractivity contribution in [2.24, 2.45) is 11.0 Å². The zero-order valence-corrected chi connectivity index (χ0v) is 22.4. The summed E-state index contributed by atoms with van der Waals surface area (Å²) in [6.45, 7) is 5.66. The lowest BCUT2D eigenvalue weighted by atomic mass is 9.82. The van der Waals surface area contributed by atoms with Gasteiger partial charge in [0.05, 0.1) is 25.9 Å². The number of rotatable bonds is 8. The van der Waals surface area contributed by atoms with Gasteiger partial charge in [0.2, 0.25) is 0 Å². The number of anilines is 2. The van der Waals surface area contributed by atoms with E-state index in [0.717, 1.165) is 62.5 Å². The van der Waals surface area contributed by atoms with E-state index in [1.54, 1.807) is 0 Å². The highest BCUT2D eigenvalue weighted by molar-refractivity contribution is 6.04. The maximum Gasteiger partial charge on any atom is 0.306 e. The molecule has 1 fully saturated rings. The second-order valence-electron chi connectivity index (χ2n) is 10.1. The molecule has 8 nitrogen and oxygen atoms in total. The summed E-state index contributed by atoms with van der Waals surface area (Å²) in [5, 5.41) is 9.72. The first-order valence-corrected chi connectivity index (χ1v) is 13.7. The van der Waals surface area contributed by atoms with Crippen LogP contribution in [0.3, 0.4) is 0 Å². The maximum absolute atomic E-state index is 12.9. The highest BCUT2D eigenvalue weighted by atomic mass is 16.5. The number of carbonyl (C=O) groups is 2. The number of hydrogen-bond acceptors (Lipinski definition) is 7. The van der Waals surface area contributed by atoms with Gasteiger partial charge in [-0.15, -0.1) is 0 Å². The fourth-order valence-corrected chi connectivity index (χ4v) is 5.19. The number of pyridine rings is 1. The van der Waals surface area contributed by atoms with Crippen LogP contribution >= 0.6 is 0 Å². The Morgan fingerprint density at radius 2 is 1.87 bits per heavy atom. The molecule has 1 amide bonds. The first-order valence-electron chi connectivity index (χ1n) is 13.7. The summed E-state index contributed by atoms with van der Waals surface area (Å²) in [6.07, 6.45) is 6.85. The number of amides is 1. The number of piperazine rings is 1. The van der Waals surface area contributed by atoms with E-state index in [2.05, 4.69) is 31.4 Å². The van der Waals surface area contributed by atoms with Crippen molar-refractivity contribution in [2.75, 3.05) is 43.0 Å². The molecule has 2 aromatic carbocycles. The molecule has 2 aliphatic rings. The van der Waals surface area contributed by atoms with Crippen molar-refractivity contribution in [3.05, 3.63) is 89.1 Å². The van der Waals surface area contributed by atoms with Crippen LogP contribution in [0.5, 0.6) is 0 Å². The zero-order valence-electron chi connectivity index (χ0n) is 22.4. The Hall–Kier alpha value is -4.20. The van der Waals surface area contributed by atoms with Crippen LogP contribution in [0.25, 0.3) is 0 Å². The van der Waals surface area contributed by atoms with Gasteiger partial charge in [0.1, 0.15) is 5.82 Å². The van der Waals surface area contributed by atoms with Crippen LogP contribution in [0.1, 0.15) is 46.8 Å². The molecular weight excluding hydrogens is 490 g/mol. The minimum absolute atomic E-state index is 0.132. The Labute approximate surface area is 229 Å². The third-order valence-electron chi connectivity index (χ3n) is 7.33. The summed E-state index contributed by atoms with van der Waals surface area (Å²) in [6, 6.07) is 19.5. The summed E-state index contributed by atoms with van der Waals surface area (Å²) in [7, 11) is 0. The van der Waals surface area contributed by atoms with Crippen molar-refractivity contribution in [1.82, 2.24) is 9.99 Å². The summed E-state index contributed by atoms with van der Waals surface area (Å²) in [5.74, 6) is 1.00. The number of ether oxygens (including phenoxy) is 1. The number of hydrazone groups is 1. The van der Waals surface area contributed by atoms with Crippen LogP contribution in [0.2, 0.25) is 0 Å². The van der Waals surface area contributed by atoms with E-state index in [1.807, 2.05) is 73.9 Å². The van der Waals surface area contributed by atoms with Gasteiger partial charge in [0, 0.05) is 37.0 Å². The van der Waals surface area contributed by atoms with E-state index in [4.69, 9.17) is 4.74 Å². The van der Waals surface area contributed by atoms with E-state index >= 15 is 0 Å². The van der Waals surface area contributed by atoms with Gasteiger partial charge in [0.15, 0.2) is 0 Å². The Balaban J connectivity index is 1.13. The van der Waals surface area contributed by atoms with Crippen LogP contribution in [0, 0.1) is 5.92 Å². The molecule has 3 aromatic rings. The number of fused-ring (bicyclic) bond motifs is 1. The molecule has 0 bridgehead atoms. The van der Waals surface area contributed by atoms with Crippen molar-refractivity contribution in [1.29, 1.82) is 0 Å². The van der Waals surface area contributed by atoms with Gasteiger partial charge in [-0.1, -0.05) is 24.3 Å². The smallest absolute Gasteiger partial charge is 0.306 e. The molecule has 1 N–H and O–H groups in total. The predicted octanol–water partition coefficient (Wildman–Crippen LogP) is 4.55. The first kappa shape index (κ1) is 26.4. The standard InChI is InChI=1S/C31H35N5O3/c1-2-39-30(37)20-24-8-9-25-12-13-28(21-27(25)19-24)34-31(38)26-10-6-23(7-11-26)22-33-36-17-15-35(16-18-36)29-5-3-4-14-32-29/h3-7,10-14,21-22,24H,2,8-9,15-20H2,1H3,(H,34,38). The van der Waals surface area contributed by atoms with Crippen LogP contribution < -0.4 is 10.2 Å². The molecule has 2 heterocycles. The third-order valence-corrected chi connectivity index (χ3v) is 7.33. The fraction of sp³-hybridized carbons (Fsp3) is 0.355. The number of benzene rings is 2. The second kappa shape index (κ2) is 12.6. The van der Waals surface area contributed by atoms with Crippen molar-refractivity contribution in [3.63, 3.8) is 0 Å². The van der Waals surface area contributed by atoms with E-state index < -0.39 is 0 Å². The summed E-state index contributed by atoms with van der Waals surface area (Å²) >= 11 is 0. The van der Waals surface area contributed by atoms with Gasteiger partial charge >= 0.3 is 5.97 Å². The normalized spacial score (nSPS) is 17.1. The lowest BCUT2D eigenvalue weighted by Crippen LogP contribution is -2.44. The Morgan fingerprint density at radius 1 is 1.05 bits per heavy atom. The average molecular weight is 526 g/mol. The summed E-state index contributed by atoms with van der Waals surface area (Å²) in [5.41, 5.74) is 4.79. The Kier molecular flexibility index (Phi) is 8.51. The summed E-state index contributed by atoms with van der Waals surface area (Å²) < 4.78 is 5.12. The van der Waals surface area contributed by atoms with E-state index in [-0.39, 0.29) is 17.8 Å². The van der Waals surface area contributed by atoms with Gasteiger partial charge in [-0.05, 0) is 85.2 Å². The topological polar surface area (TPSA) is 87.1 Å². The maximum atomic E-state index is 12.9. The van der Waals surface area contributed by atoms with Crippen LogP contribution in [0.15, 0.2) is 72.0 Å². The number of nitrogens with one attached hydrogen (secondary N) is 1. The first-order chi connectivity index (χ1) is 19.1. The number of aryl methyl sites for hydroxylation is 1. The van der Waals surface area contributed by atoms with E-state index in [9.17, 15) is 9.59 Å². The SMILES string of the molecule is CCOC(=O)CC1CCc2ccc(NC(=O)c3ccc(C=NN4CCN(c5ccccn5)CC4)cc3)cc2C1. The van der Waals surface area contributed by atoms with Gasteiger partial charge in [-0.25, -0.2) is 4.98 Å². The number of carbonyl (C=O) groups excluding carboxylic acids is 2. The number of hydrogen-bond donors (Lipinski definition) is 1. The number of nitrogens with zero attached hydrogens (tertiary/aromatic N) is 4. The molecule has 0 spiro atoms. The highest BCUT2D eigenvalue weighted by Crippen LogP contribution is 2.30. The number of aromatic nitrogens is 1. The molecule has 8 heteroatoms. The molecule has 39 heavy (non-hydrogen) atoms. The quantitative estimate of drug-likeness (QED) is 0.343. The molecule has 1 atom stereocenters. The van der Waals surface area contributed by atoms with Gasteiger partial charge in [-0.3, -0.25) is 14.6 Å². The molecule has 1 unspecified atom stereocenters. The third kappa shape index (κ3) is 7.02. The minimum atomic E-state index is -0.150. The van der Waals surface area contributed by atoms with Crippen molar-refractivity contribution < 1.29 is 14.3 Å². The molecule has 1 aromatic heterocycles. The molecule has 1 saturated heterocycles. The minimum Gasteiger partial charge on any atom is -0.466 e. The number of esters is 1. The Bertz CT molecular complexity index is 1300. The molecule has 0 radical (unpaired) electrons. The Morgan fingerprint density at radius 3 is 2.62 bits per heavy atom. The lowest BCUT2D eigenvalue weighted by Gasteiger charge is -2.33. The molecule has 1 aliphatic carbocycles. The largest absolute Gasteiger partial charge is 0.466 e. The molecule has 0 saturated carbocycles. The highest BCUT2D eigenvalue weighted by Gasteiger charge is 2.22. The van der Waals surface area contributed by atoms with E-state index in [0.29, 0.717) is 18.6 Å². The zero-order chi connectivity index (χ0) is 27.0. The van der Waals surface area contributed by atoms with Gasteiger partial charge < -0.3 is 15.0 Å². The molecule has 5 rings (SSSR count). The van der Waals surface area contributed by atoms with Gasteiger partial charge in [0.25, 0.3) is 5.91 Å². The molecule has 202 valence electrons. The van der Waals surface area contributed by atoms with Crippen LogP contribution in [-0.2, 0) is 22.4 Å². The average Bonchev–Trinajstić information content (AvgIpc) is 2.97. The lowest BCUT2D eigenvalue weighted by molar-refractivity contribution is -0.144. The second-order valence-corrected chi connectivity index (χ2v) is 10.1. The fourth-order valence-electron chi connectivity index (χ4n) is 5.19. The molecule has 1 aliphatic heterocycles. The summed E-state index contributed by atoms with van der Waals surface area (Å²) in [4.78, 5) is 31.5. The van der Waals surface area contributed by atoms with Gasteiger partial charge in [-0.2, -0.15) is 5.10 Å². The van der Waals surface area contributed by atoms with Crippen molar-refractivity contribution in [2.45, 2.75) is 32.6 Å². The van der Waals surface area contributed by atoms with Crippen LogP contribution in [0.4, 0.5) is 11.5 Å². The van der Waals surface area contributed by atoms with Crippen molar-refractivity contribution in [3.8, 4) is 0 Å². The van der Waals surface area contributed by atoms with Crippen molar-refractivity contribution >= 4 is 29.6 Å². The molecular formula is C31H35N5O3. The monoisotopic (exact) mass is 525 g/mol. The predicted molar refractivity (Wildman–Crippen MR) is 153 cm³/mol. The van der Waals surface area contributed by atoms with E-state index in [1.165, 1.54) is 11.1 Å².